The third-order valence-electron chi connectivity index (χ3n) is 4.06. The number of rotatable bonds is 8. The van der Waals surface area contributed by atoms with E-state index in [9.17, 15) is 8.42 Å². The van der Waals surface area contributed by atoms with Gasteiger partial charge >= 0.3 is 0 Å². The predicted octanol–water partition coefficient (Wildman–Crippen LogP) is 2.27. The second-order valence-electron chi connectivity index (χ2n) is 6.04. The third kappa shape index (κ3) is 6.44. The molecule has 1 unspecified atom stereocenters. The van der Waals surface area contributed by atoms with E-state index in [1.165, 1.54) is 12.6 Å². The van der Waals surface area contributed by atoms with Gasteiger partial charge in [-0.25, -0.2) is 13.1 Å². The summed E-state index contributed by atoms with van der Waals surface area (Å²) in [5, 5.41) is 10.9. The van der Waals surface area contributed by atoms with E-state index in [1.807, 2.05) is 24.3 Å². The maximum atomic E-state index is 11.6. The number of hydrogen-bond donors (Lipinski definition) is 3. The fourth-order valence-corrected chi connectivity index (χ4v) is 3.93. The molecule has 142 valence electrons. The SMILES string of the molecule is CN=C(NCc1ccc(CS(=O)(=O)NC)cc1)NCC(C)c1ccsc1. The topological polar surface area (TPSA) is 82.6 Å². The highest BCUT2D eigenvalue weighted by Gasteiger charge is 2.09. The van der Waals surface area contributed by atoms with Gasteiger partial charge in [-0.15, -0.1) is 0 Å². The molecule has 0 radical (unpaired) electrons. The molecule has 0 fully saturated rings. The second-order valence-corrected chi connectivity index (χ2v) is 8.75. The van der Waals surface area contributed by atoms with E-state index in [0.717, 1.165) is 23.6 Å². The zero-order valence-corrected chi connectivity index (χ0v) is 17.0. The smallest absolute Gasteiger partial charge is 0.215 e. The molecule has 1 aromatic heterocycles. The molecule has 2 aromatic rings. The molecule has 1 atom stereocenters. The van der Waals surface area contributed by atoms with Gasteiger partial charge in [0.1, 0.15) is 0 Å². The summed E-state index contributed by atoms with van der Waals surface area (Å²) in [6.07, 6.45) is 0. The highest BCUT2D eigenvalue weighted by atomic mass is 32.2. The number of benzene rings is 1. The van der Waals surface area contributed by atoms with E-state index in [1.54, 1.807) is 18.4 Å². The second kappa shape index (κ2) is 9.70. The predicted molar refractivity (Wildman–Crippen MR) is 109 cm³/mol. The Balaban J connectivity index is 1.82. The highest BCUT2D eigenvalue weighted by Crippen LogP contribution is 2.17. The Kier molecular flexibility index (Phi) is 7.62. The lowest BCUT2D eigenvalue weighted by Gasteiger charge is -2.15. The Morgan fingerprint density at radius 3 is 2.42 bits per heavy atom. The fourth-order valence-electron chi connectivity index (χ4n) is 2.37. The molecule has 3 N–H and O–H groups in total. The van der Waals surface area contributed by atoms with Crippen molar-refractivity contribution in [2.75, 3.05) is 20.6 Å². The minimum absolute atomic E-state index is 0.0130. The molecule has 0 aliphatic heterocycles. The quantitative estimate of drug-likeness (QED) is 0.474. The number of sulfonamides is 1. The molecular formula is C18H26N4O2S2. The van der Waals surface area contributed by atoms with Crippen LogP contribution in [0.2, 0.25) is 0 Å². The van der Waals surface area contributed by atoms with E-state index >= 15 is 0 Å². The number of hydrogen-bond acceptors (Lipinski definition) is 4. The lowest BCUT2D eigenvalue weighted by molar-refractivity contribution is 0.587. The number of thiophene rings is 1. The molecule has 0 amide bonds. The van der Waals surface area contributed by atoms with E-state index < -0.39 is 10.0 Å². The Morgan fingerprint density at radius 1 is 1.15 bits per heavy atom. The number of nitrogens with one attached hydrogen (secondary N) is 3. The minimum atomic E-state index is -3.24. The summed E-state index contributed by atoms with van der Waals surface area (Å²) in [6, 6.07) is 9.66. The molecule has 0 spiro atoms. The van der Waals surface area contributed by atoms with Gasteiger partial charge in [0.15, 0.2) is 5.96 Å². The van der Waals surface area contributed by atoms with Gasteiger partial charge in [0, 0.05) is 20.1 Å². The lowest BCUT2D eigenvalue weighted by Crippen LogP contribution is -2.38. The average molecular weight is 395 g/mol. The summed E-state index contributed by atoms with van der Waals surface area (Å²) in [5.74, 6) is 1.14. The van der Waals surface area contributed by atoms with Crippen molar-refractivity contribution in [3.8, 4) is 0 Å². The van der Waals surface area contributed by atoms with Crippen LogP contribution in [0.5, 0.6) is 0 Å². The maximum Gasteiger partial charge on any atom is 0.215 e. The minimum Gasteiger partial charge on any atom is -0.356 e. The van der Waals surface area contributed by atoms with Crippen molar-refractivity contribution in [3.63, 3.8) is 0 Å². The van der Waals surface area contributed by atoms with E-state index in [-0.39, 0.29) is 5.75 Å². The summed E-state index contributed by atoms with van der Waals surface area (Å²) in [5.41, 5.74) is 3.14. The van der Waals surface area contributed by atoms with Crippen LogP contribution in [0, 0.1) is 0 Å². The van der Waals surface area contributed by atoms with Gasteiger partial charge in [-0.2, -0.15) is 11.3 Å². The monoisotopic (exact) mass is 394 g/mol. The van der Waals surface area contributed by atoms with Crippen LogP contribution in [-0.2, 0) is 22.3 Å². The number of guanidine groups is 1. The van der Waals surface area contributed by atoms with Crippen molar-refractivity contribution < 1.29 is 8.42 Å². The fraction of sp³-hybridized carbons (Fsp3) is 0.389. The van der Waals surface area contributed by atoms with E-state index in [0.29, 0.717) is 12.5 Å². The Hall–Kier alpha value is -1.90. The van der Waals surface area contributed by atoms with Gasteiger partial charge in [-0.3, -0.25) is 4.99 Å². The van der Waals surface area contributed by atoms with Crippen LogP contribution in [0.1, 0.15) is 29.5 Å². The van der Waals surface area contributed by atoms with Crippen LogP contribution in [0.3, 0.4) is 0 Å². The molecular weight excluding hydrogens is 368 g/mol. The Bertz CT molecular complexity index is 800. The molecule has 0 aliphatic rings. The van der Waals surface area contributed by atoms with Gasteiger partial charge in [0.05, 0.1) is 5.75 Å². The van der Waals surface area contributed by atoms with Crippen molar-refractivity contribution in [1.29, 1.82) is 0 Å². The first-order valence-electron chi connectivity index (χ1n) is 8.39. The normalized spacial score (nSPS) is 13.4. The molecule has 26 heavy (non-hydrogen) atoms. The average Bonchev–Trinajstić information content (AvgIpc) is 3.17. The highest BCUT2D eigenvalue weighted by molar-refractivity contribution is 7.88. The maximum absolute atomic E-state index is 11.6. The van der Waals surface area contributed by atoms with Crippen molar-refractivity contribution in [1.82, 2.24) is 15.4 Å². The number of aliphatic imine (C=N–C) groups is 1. The first-order valence-corrected chi connectivity index (χ1v) is 11.0. The third-order valence-corrected chi connectivity index (χ3v) is 6.10. The van der Waals surface area contributed by atoms with Gasteiger partial charge in [-0.1, -0.05) is 31.2 Å². The summed E-state index contributed by atoms with van der Waals surface area (Å²) in [4.78, 5) is 4.24. The van der Waals surface area contributed by atoms with E-state index in [2.05, 4.69) is 44.1 Å². The van der Waals surface area contributed by atoms with Crippen LogP contribution in [-0.4, -0.2) is 35.0 Å². The number of nitrogens with zero attached hydrogens (tertiary/aromatic N) is 1. The standard InChI is InChI=1S/C18H26N4O2S2/c1-14(17-8-9-25-12-17)10-21-18(19-2)22-11-15-4-6-16(7-5-15)13-26(23,24)20-3/h4-9,12,14,20H,10-11,13H2,1-3H3,(H2,19,21,22). The first kappa shape index (κ1) is 20.4. The summed E-state index contributed by atoms with van der Waals surface area (Å²) in [6.45, 7) is 3.60. The zero-order valence-electron chi connectivity index (χ0n) is 15.3. The zero-order chi connectivity index (χ0) is 19.0. The molecule has 1 heterocycles. The largest absolute Gasteiger partial charge is 0.356 e. The molecule has 0 saturated carbocycles. The summed E-state index contributed by atoms with van der Waals surface area (Å²) < 4.78 is 25.5. The van der Waals surface area contributed by atoms with Crippen LogP contribution in [0.25, 0.3) is 0 Å². The first-order chi connectivity index (χ1) is 12.4. The molecule has 2 rings (SSSR count). The summed E-state index contributed by atoms with van der Waals surface area (Å²) in [7, 11) is -0.0749. The molecule has 0 saturated heterocycles. The molecule has 6 nitrogen and oxygen atoms in total. The van der Waals surface area contributed by atoms with Crippen molar-refractivity contribution in [2.24, 2.45) is 4.99 Å². The van der Waals surface area contributed by atoms with Crippen LogP contribution in [0.15, 0.2) is 46.1 Å². The Morgan fingerprint density at radius 2 is 1.85 bits per heavy atom. The lowest BCUT2D eigenvalue weighted by atomic mass is 10.1. The van der Waals surface area contributed by atoms with Gasteiger partial charge in [0.25, 0.3) is 0 Å². The van der Waals surface area contributed by atoms with Crippen molar-refractivity contribution >= 4 is 27.3 Å². The molecule has 0 bridgehead atoms. The van der Waals surface area contributed by atoms with E-state index in [4.69, 9.17) is 0 Å². The van der Waals surface area contributed by atoms with Gasteiger partial charge in [-0.05, 0) is 46.5 Å². The van der Waals surface area contributed by atoms with Crippen molar-refractivity contribution in [3.05, 3.63) is 57.8 Å². The van der Waals surface area contributed by atoms with Crippen LogP contribution >= 0.6 is 11.3 Å². The van der Waals surface area contributed by atoms with Crippen LogP contribution in [0.4, 0.5) is 0 Å². The molecule has 8 heteroatoms. The van der Waals surface area contributed by atoms with Crippen LogP contribution < -0.4 is 15.4 Å². The van der Waals surface area contributed by atoms with Gasteiger partial charge in [0.2, 0.25) is 10.0 Å². The Labute approximate surface area is 159 Å². The summed E-state index contributed by atoms with van der Waals surface area (Å²) >= 11 is 1.71. The van der Waals surface area contributed by atoms with Crippen molar-refractivity contribution in [2.45, 2.75) is 25.1 Å². The molecule has 1 aromatic carbocycles. The molecule has 0 aliphatic carbocycles. The van der Waals surface area contributed by atoms with Gasteiger partial charge < -0.3 is 10.6 Å².